The van der Waals surface area contributed by atoms with Gasteiger partial charge in [-0.3, -0.25) is 10.4 Å². The molecule has 0 fully saturated rings. The molecule has 134 valence electrons. The third kappa shape index (κ3) is 3.86. The molecule has 0 aliphatic heterocycles. The van der Waals surface area contributed by atoms with E-state index in [0.29, 0.717) is 6.54 Å². The van der Waals surface area contributed by atoms with E-state index in [1.165, 1.54) is 5.56 Å². The van der Waals surface area contributed by atoms with Crippen molar-refractivity contribution in [3.63, 3.8) is 0 Å². The fourth-order valence-corrected chi connectivity index (χ4v) is 3.04. The van der Waals surface area contributed by atoms with Crippen LogP contribution in [0, 0.1) is 0 Å². The zero-order valence-corrected chi connectivity index (χ0v) is 14.6. The third-order valence-corrected chi connectivity index (χ3v) is 4.38. The topological polar surface area (TPSA) is 79.0 Å². The highest BCUT2D eigenvalue weighted by atomic mass is 16.8. The number of nitrogens with zero attached hydrogens (tertiary/aromatic N) is 1. The Morgan fingerprint density at radius 1 is 0.923 bits per heavy atom. The van der Waals surface area contributed by atoms with Gasteiger partial charge >= 0.3 is 0 Å². The normalized spacial score (nSPS) is 10.6. The van der Waals surface area contributed by atoms with Crippen molar-refractivity contribution in [2.75, 3.05) is 12.3 Å². The maximum atomic E-state index is 9.27. The minimum Gasteiger partial charge on any atom is -0.496 e. The molecule has 3 rings (SSSR count). The Labute approximate surface area is 152 Å². The molecule has 0 saturated heterocycles. The van der Waals surface area contributed by atoms with Crippen LogP contribution < -0.4 is 15.7 Å². The molecule has 0 aliphatic rings. The van der Waals surface area contributed by atoms with Gasteiger partial charge in [-0.25, -0.2) is 0 Å². The Hall–Kier alpha value is -2.86. The van der Waals surface area contributed by atoms with E-state index in [1.807, 2.05) is 36.4 Å². The van der Waals surface area contributed by atoms with Gasteiger partial charge in [-0.05, 0) is 52.9 Å². The minimum absolute atomic E-state index is 0.108. The number of rotatable bonds is 6. The van der Waals surface area contributed by atoms with Gasteiger partial charge in [0.2, 0.25) is 0 Å². The molecule has 0 heterocycles. The lowest BCUT2D eigenvalue weighted by Crippen LogP contribution is -2.10. The molecule has 0 atom stereocenters. The van der Waals surface area contributed by atoms with Crippen LogP contribution in [0.4, 0.5) is 5.69 Å². The predicted molar refractivity (Wildman–Crippen MR) is 102 cm³/mol. The molecule has 0 unspecified atom stereocenters. The van der Waals surface area contributed by atoms with E-state index in [1.54, 1.807) is 25.3 Å². The molecule has 5 heteroatoms. The largest absolute Gasteiger partial charge is 0.496 e. The molecule has 3 aromatic rings. The van der Waals surface area contributed by atoms with Crippen LogP contribution in [-0.4, -0.2) is 17.5 Å². The van der Waals surface area contributed by atoms with Crippen LogP contribution in [0.25, 0.3) is 11.1 Å². The quantitative estimate of drug-likeness (QED) is 0.586. The summed E-state index contributed by atoms with van der Waals surface area (Å²) >= 11 is 0. The lowest BCUT2D eigenvalue weighted by Gasteiger charge is -2.14. The van der Waals surface area contributed by atoms with Crippen molar-refractivity contribution in [1.82, 2.24) is 0 Å². The van der Waals surface area contributed by atoms with Crippen LogP contribution in [-0.2, 0) is 13.0 Å². The minimum atomic E-state index is 0.108. The highest BCUT2D eigenvalue weighted by molar-refractivity contribution is 5.74. The molecule has 4 N–H and O–H groups in total. The number of benzene rings is 3. The van der Waals surface area contributed by atoms with Gasteiger partial charge in [0.1, 0.15) is 5.75 Å². The molecule has 26 heavy (non-hydrogen) atoms. The van der Waals surface area contributed by atoms with Crippen molar-refractivity contribution in [3.05, 3.63) is 83.4 Å². The predicted octanol–water partition coefficient (Wildman–Crippen LogP) is 4.00. The van der Waals surface area contributed by atoms with Crippen molar-refractivity contribution in [2.45, 2.75) is 13.0 Å². The average molecular weight is 350 g/mol. The lowest BCUT2D eigenvalue weighted by atomic mass is 9.96. The van der Waals surface area contributed by atoms with Gasteiger partial charge in [-0.1, -0.05) is 42.5 Å². The Bertz CT molecular complexity index is 894. The van der Waals surface area contributed by atoms with Crippen molar-refractivity contribution < 1.29 is 15.2 Å². The number of ether oxygens (including phenoxy) is 1. The van der Waals surface area contributed by atoms with Gasteiger partial charge in [-0.2, -0.15) is 0 Å². The molecule has 5 nitrogen and oxygen atoms in total. The van der Waals surface area contributed by atoms with Crippen LogP contribution >= 0.6 is 0 Å². The van der Waals surface area contributed by atoms with E-state index >= 15 is 0 Å². The summed E-state index contributed by atoms with van der Waals surface area (Å²) in [5, 5.41) is 18.7. The van der Waals surface area contributed by atoms with E-state index < -0.39 is 0 Å². The maximum Gasteiger partial charge on any atom is 0.126 e. The standard InChI is InChI=1S/C21H22N2O3/c1-26-21-10-9-15(11-16-5-2-3-6-18(16)14-22)12-20(21)17-7-4-8-19(13-17)23(24)25/h2-10,12-13,24-25H,11,14,22H2,1H3. The second-order valence-corrected chi connectivity index (χ2v) is 6.02. The molecule has 0 aromatic heterocycles. The van der Waals surface area contributed by atoms with Gasteiger partial charge in [0.15, 0.2) is 0 Å². The highest BCUT2D eigenvalue weighted by Gasteiger charge is 2.10. The molecule has 0 saturated carbocycles. The van der Waals surface area contributed by atoms with Crippen molar-refractivity contribution in [3.8, 4) is 16.9 Å². The molecule has 0 radical (unpaired) electrons. The maximum absolute atomic E-state index is 9.27. The van der Waals surface area contributed by atoms with Crippen LogP contribution in [0.1, 0.15) is 16.7 Å². The lowest BCUT2D eigenvalue weighted by molar-refractivity contribution is 0.0292. The third-order valence-electron chi connectivity index (χ3n) is 4.38. The Morgan fingerprint density at radius 2 is 1.69 bits per heavy atom. The van der Waals surface area contributed by atoms with Crippen molar-refractivity contribution in [1.29, 1.82) is 0 Å². The van der Waals surface area contributed by atoms with E-state index in [2.05, 4.69) is 12.1 Å². The summed E-state index contributed by atoms with van der Waals surface area (Å²) in [6.45, 7) is 0.504. The van der Waals surface area contributed by atoms with Crippen LogP contribution in [0.15, 0.2) is 66.7 Å². The Morgan fingerprint density at radius 3 is 2.38 bits per heavy atom. The van der Waals surface area contributed by atoms with Gasteiger partial charge in [0, 0.05) is 12.1 Å². The van der Waals surface area contributed by atoms with Crippen LogP contribution in [0.5, 0.6) is 5.75 Å². The molecule has 0 bridgehead atoms. The number of methoxy groups -OCH3 is 1. The summed E-state index contributed by atoms with van der Waals surface area (Å²) < 4.78 is 5.49. The van der Waals surface area contributed by atoms with E-state index in [-0.39, 0.29) is 10.9 Å². The first-order valence-corrected chi connectivity index (χ1v) is 8.34. The summed E-state index contributed by atoms with van der Waals surface area (Å²) in [6, 6.07) is 21.1. The second-order valence-electron chi connectivity index (χ2n) is 6.02. The summed E-state index contributed by atoms with van der Waals surface area (Å²) in [5.74, 6) is 0.723. The average Bonchev–Trinajstić information content (AvgIpc) is 2.68. The smallest absolute Gasteiger partial charge is 0.126 e. The first-order valence-electron chi connectivity index (χ1n) is 8.34. The zero-order chi connectivity index (χ0) is 18.5. The zero-order valence-electron chi connectivity index (χ0n) is 14.6. The van der Waals surface area contributed by atoms with Crippen molar-refractivity contribution in [2.24, 2.45) is 5.73 Å². The van der Waals surface area contributed by atoms with E-state index in [0.717, 1.165) is 34.4 Å². The number of anilines is 1. The fraction of sp³-hybridized carbons (Fsp3) is 0.143. The Balaban J connectivity index is 2.00. The van der Waals surface area contributed by atoms with Gasteiger partial charge in [0.25, 0.3) is 0 Å². The van der Waals surface area contributed by atoms with Crippen LogP contribution in [0.3, 0.4) is 0 Å². The van der Waals surface area contributed by atoms with Crippen molar-refractivity contribution >= 4 is 5.69 Å². The van der Waals surface area contributed by atoms with E-state index in [4.69, 9.17) is 10.5 Å². The van der Waals surface area contributed by atoms with Gasteiger partial charge in [-0.15, -0.1) is 5.23 Å². The number of nitrogens with two attached hydrogens (primary N) is 1. The summed E-state index contributed by atoms with van der Waals surface area (Å²) in [5.41, 5.74) is 11.3. The van der Waals surface area contributed by atoms with Gasteiger partial charge in [0.05, 0.1) is 12.8 Å². The SMILES string of the molecule is COc1ccc(Cc2ccccc2CN)cc1-c1cccc(N(O)O)c1. The number of hydrogen-bond donors (Lipinski definition) is 3. The molecule has 0 spiro atoms. The first kappa shape index (κ1) is 17.9. The van der Waals surface area contributed by atoms with Crippen LogP contribution in [0.2, 0.25) is 0 Å². The molecule has 3 aromatic carbocycles. The monoisotopic (exact) mass is 350 g/mol. The molecular weight excluding hydrogens is 328 g/mol. The summed E-state index contributed by atoms with van der Waals surface area (Å²) in [6.07, 6.45) is 0.760. The van der Waals surface area contributed by atoms with Gasteiger partial charge < -0.3 is 10.5 Å². The molecule has 0 aliphatic carbocycles. The molecule has 0 amide bonds. The van der Waals surface area contributed by atoms with E-state index in [9.17, 15) is 10.4 Å². The summed E-state index contributed by atoms with van der Waals surface area (Å²) in [7, 11) is 1.62. The Kier molecular flexibility index (Phi) is 5.53. The molecular formula is C21H22N2O3. The fourth-order valence-electron chi connectivity index (χ4n) is 3.04. The highest BCUT2D eigenvalue weighted by Crippen LogP contribution is 2.33. The first-order chi connectivity index (χ1) is 12.6. The summed E-state index contributed by atoms with van der Waals surface area (Å²) in [4.78, 5) is 0. The number of hydrogen-bond acceptors (Lipinski definition) is 5. The second kappa shape index (κ2) is 8.01.